The molecule has 1 saturated heterocycles. The summed E-state index contributed by atoms with van der Waals surface area (Å²) in [6.45, 7) is 1.11. The van der Waals surface area contributed by atoms with Crippen LogP contribution in [0.3, 0.4) is 0 Å². The number of fused-ring (bicyclic) bond motifs is 1. The summed E-state index contributed by atoms with van der Waals surface area (Å²) >= 11 is 0. The van der Waals surface area contributed by atoms with Crippen molar-refractivity contribution in [3.05, 3.63) is 23.8 Å². The molecule has 1 N–H and O–H groups in total. The third kappa shape index (κ3) is 5.34. The molecule has 4 rings (SSSR count). The molecular weight excluding hydrogens is 426 g/mol. The van der Waals surface area contributed by atoms with Crippen molar-refractivity contribution in [2.24, 2.45) is 0 Å². The molecular formula is C24H35N3O4S. The molecule has 2 amide bonds. The molecule has 1 aromatic carbocycles. The lowest BCUT2D eigenvalue weighted by atomic mass is 9.97. The largest absolute Gasteiger partial charge is 0.352 e. The Labute approximate surface area is 191 Å². The Morgan fingerprint density at radius 1 is 0.938 bits per heavy atom. The second-order valence-corrected chi connectivity index (χ2v) is 11.3. The Morgan fingerprint density at radius 2 is 1.62 bits per heavy atom. The molecule has 1 aromatic rings. The first kappa shape index (κ1) is 23.2. The number of nitrogens with zero attached hydrogens (tertiary/aromatic N) is 2. The first-order valence-electron chi connectivity index (χ1n) is 12.2. The van der Waals surface area contributed by atoms with E-state index in [1.807, 2.05) is 0 Å². The molecule has 2 fully saturated rings. The quantitative estimate of drug-likeness (QED) is 0.728. The molecule has 2 heterocycles. The zero-order chi connectivity index (χ0) is 22.6. The highest BCUT2D eigenvalue weighted by atomic mass is 32.2. The van der Waals surface area contributed by atoms with Gasteiger partial charge in [0, 0.05) is 31.2 Å². The van der Waals surface area contributed by atoms with Gasteiger partial charge >= 0.3 is 0 Å². The van der Waals surface area contributed by atoms with E-state index in [9.17, 15) is 18.0 Å². The fraction of sp³-hybridized carbons (Fsp3) is 0.667. The lowest BCUT2D eigenvalue weighted by Gasteiger charge is -2.26. The monoisotopic (exact) mass is 461 g/mol. The minimum Gasteiger partial charge on any atom is -0.352 e. The molecule has 1 saturated carbocycles. The molecule has 7 nitrogen and oxygen atoms in total. The van der Waals surface area contributed by atoms with Gasteiger partial charge in [0.1, 0.15) is 6.54 Å². The lowest BCUT2D eigenvalue weighted by Crippen LogP contribution is -2.44. The summed E-state index contributed by atoms with van der Waals surface area (Å²) in [4.78, 5) is 27.5. The highest BCUT2D eigenvalue weighted by Gasteiger charge is 2.30. The van der Waals surface area contributed by atoms with Gasteiger partial charge in [-0.1, -0.05) is 32.1 Å². The van der Waals surface area contributed by atoms with Gasteiger partial charge in [-0.05, 0) is 62.3 Å². The zero-order valence-corrected chi connectivity index (χ0v) is 19.7. The maximum Gasteiger partial charge on any atom is 0.243 e. The average Bonchev–Trinajstić information content (AvgIpc) is 3.25. The van der Waals surface area contributed by atoms with Gasteiger partial charge < -0.3 is 10.2 Å². The van der Waals surface area contributed by atoms with Crippen molar-refractivity contribution in [1.29, 1.82) is 0 Å². The summed E-state index contributed by atoms with van der Waals surface area (Å²) < 4.78 is 27.5. The van der Waals surface area contributed by atoms with Gasteiger partial charge in [0.15, 0.2) is 0 Å². The minimum atomic E-state index is -3.51. The van der Waals surface area contributed by atoms with Gasteiger partial charge in [-0.3, -0.25) is 9.59 Å². The SMILES string of the molecule is O=C(CN1C(=O)CCCc2cc(S(=O)(=O)N3CCCC3)ccc21)NC1CCCCCCC1. The molecule has 0 unspecified atom stereocenters. The number of benzene rings is 1. The van der Waals surface area contributed by atoms with E-state index < -0.39 is 10.0 Å². The number of carbonyl (C=O) groups is 2. The molecule has 32 heavy (non-hydrogen) atoms. The molecule has 0 radical (unpaired) electrons. The van der Waals surface area contributed by atoms with Gasteiger partial charge in [-0.25, -0.2) is 8.42 Å². The second kappa shape index (κ2) is 10.3. The number of aryl methyl sites for hydroxylation is 1. The molecule has 1 aliphatic carbocycles. The number of amides is 2. The normalized spacial score (nSPS) is 21.5. The summed E-state index contributed by atoms with van der Waals surface area (Å²) in [7, 11) is -3.51. The minimum absolute atomic E-state index is 0.0133. The maximum absolute atomic E-state index is 13.0. The predicted molar refractivity (Wildman–Crippen MR) is 124 cm³/mol. The molecule has 8 heteroatoms. The summed E-state index contributed by atoms with van der Waals surface area (Å²) in [6, 6.07) is 5.19. The van der Waals surface area contributed by atoms with Crippen LogP contribution in [0.4, 0.5) is 5.69 Å². The molecule has 0 bridgehead atoms. The van der Waals surface area contributed by atoms with Crippen molar-refractivity contribution in [1.82, 2.24) is 9.62 Å². The number of hydrogen-bond acceptors (Lipinski definition) is 4. The predicted octanol–water partition coefficient (Wildman–Crippen LogP) is 3.37. The van der Waals surface area contributed by atoms with E-state index in [0.717, 1.165) is 44.1 Å². The van der Waals surface area contributed by atoms with Crippen LogP contribution < -0.4 is 10.2 Å². The first-order chi connectivity index (χ1) is 15.4. The fourth-order valence-electron chi connectivity index (χ4n) is 5.15. The summed E-state index contributed by atoms with van der Waals surface area (Å²) in [6.07, 6.45) is 11.4. The van der Waals surface area contributed by atoms with E-state index in [2.05, 4.69) is 5.32 Å². The topological polar surface area (TPSA) is 86.8 Å². The smallest absolute Gasteiger partial charge is 0.243 e. The van der Waals surface area contributed by atoms with Crippen LogP contribution in [0.5, 0.6) is 0 Å². The van der Waals surface area contributed by atoms with Crippen LogP contribution in [-0.2, 0) is 26.0 Å². The number of carbonyl (C=O) groups excluding carboxylic acids is 2. The van der Waals surface area contributed by atoms with Gasteiger partial charge in [-0.15, -0.1) is 0 Å². The Morgan fingerprint density at radius 3 is 2.34 bits per heavy atom. The molecule has 0 atom stereocenters. The molecule has 0 spiro atoms. The third-order valence-electron chi connectivity index (χ3n) is 6.95. The van der Waals surface area contributed by atoms with E-state index >= 15 is 0 Å². The number of anilines is 1. The second-order valence-electron chi connectivity index (χ2n) is 9.34. The number of rotatable bonds is 5. The van der Waals surface area contributed by atoms with Crippen LogP contribution in [0.25, 0.3) is 0 Å². The summed E-state index contributed by atoms with van der Waals surface area (Å²) in [5, 5.41) is 3.14. The van der Waals surface area contributed by atoms with E-state index in [1.165, 1.54) is 23.6 Å². The van der Waals surface area contributed by atoms with Gasteiger partial charge in [0.2, 0.25) is 21.8 Å². The number of nitrogens with one attached hydrogen (secondary N) is 1. The van der Waals surface area contributed by atoms with Crippen LogP contribution in [0.1, 0.15) is 76.2 Å². The molecule has 176 valence electrons. The fourth-order valence-corrected chi connectivity index (χ4v) is 6.72. The highest BCUT2D eigenvalue weighted by molar-refractivity contribution is 7.89. The standard InChI is InChI=1S/C24H35N3O4S/c28-23(25-20-10-4-2-1-3-5-11-20)18-27-22-14-13-21(17-19(22)9-8-12-24(27)29)32(30,31)26-15-6-7-16-26/h13-14,17,20H,1-12,15-16,18H2,(H,25,28). The van der Waals surface area contributed by atoms with Crippen LogP contribution in [0.2, 0.25) is 0 Å². The third-order valence-corrected chi connectivity index (χ3v) is 8.85. The van der Waals surface area contributed by atoms with Crippen molar-refractivity contribution in [2.45, 2.75) is 88.0 Å². The van der Waals surface area contributed by atoms with Crippen LogP contribution in [0.15, 0.2) is 23.1 Å². The highest BCUT2D eigenvalue weighted by Crippen LogP contribution is 2.31. The molecule has 2 aliphatic heterocycles. The Balaban J connectivity index is 1.50. The van der Waals surface area contributed by atoms with E-state index in [-0.39, 0.29) is 29.3 Å². The Hall–Kier alpha value is -1.93. The average molecular weight is 462 g/mol. The van der Waals surface area contributed by atoms with E-state index in [0.29, 0.717) is 38.0 Å². The first-order valence-corrected chi connectivity index (χ1v) is 13.6. The van der Waals surface area contributed by atoms with E-state index in [4.69, 9.17) is 0 Å². The van der Waals surface area contributed by atoms with Crippen LogP contribution >= 0.6 is 0 Å². The van der Waals surface area contributed by atoms with Gasteiger partial charge in [0.25, 0.3) is 0 Å². The Kier molecular flexibility index (Phi) is 7.51. The van der Waals surface area contributed by atoms with Crippen molar-refractivity contribution in [2.75, 3.05) is 24.5 Å². The number of hydrogen-bond donors (Lipinski definition) is 1. The lowest BCUT2D eigenvalue weighted by molar-refractivity contribution is -0.124. The van der Waals surface area contributed by atoms with Crippen molar-refractivity contribution in [3.8, 4) is 0 Å². The van der Waals surface area contributed by atoms with Crippen molar-refractivity contribution < 1.29 is 18.0 Å². The van der Waals surface area contributed by atoms with Crippen molar-refractivity contribution in [3.63, 3.8) is 0 Å². The maximum atomic E-state index is 13.0. The van der Waals surface area contributed by atoms with Crippen LogP contribution in [0, 0.1) is 0 Å². The van der Waals surface area contributed by atoms with Gasteiger partial charge in [-0.2, -0.15) is 4.31 Å². The zero-order valence-electron chi connectivity index (χ0n) is 18.9. The summed E-state index contributed by atoms with van der Waals surface area (Å²) in [5.74, 6) is -0.211. The van der Waals surface area contributed by atoms with Crippen LogP contribution in [-0.4, -0.2) is 50.2 Å². The summed E-state index contributed by atoms with van der Waals surface area (Å²) in [5.41, 5.74) is 1.50. The Bertz CT molecular complexity index is 933. The molecule has 3 aliphatic rings. The number of sulfonamides is 1. The van der Waals surface area contributed by atoms with Crippen molar-refractivity contribution >= 4 is 27.5 Å². The molecule has 0 aromatic heterocycles. The van der Waals surface area contributed by atoms with Gasteiger partial charge in [0.05, 0.1) is 4.90 Å². The van der Waals surface area contributed by atoms with E-state index in [1.54, 1.807) is 23.1 Å².